The van der Waals surface area contributed by atoms with Crippen molar-refractivity contribution in [2.45, 2.75) is 31.5 Å². The second-order valence-corrected chi connectivity index (χ2v) is 7.57. The number of aromatic nitrogens is 4. The zero-order chi connectivity index (χ0) is 24.4. The number of carbonyl (C=O) groups is 1. The zero-order valence-electron chi connectivity index (χ0n) is 18.1. The molecule has 14 nitrogen and oxygen atoms in total. The van der Waals surface area contributed by atoms with Gasteiger partial charge in [0.25, 0.3) is 5.91 Å². The number of hydrogen-bond donors (Lipinski definition) is 6. The van der Waals surface area contributed by atoms with Crippen LogP contribution in [0.25, 0.3) is 11.2 Å². The Morgan fingerprint density at radius 2 is 2.06 bits per heavy atom. The van der Waals surface area contributed by atoms with Crippen molar-refractivity contribution >= 4 is 34.5 Å². The normalized spacial score (nSPS) is 22.8. The molecule has 1 aromatic carbocycles. The maximum absolute atomic E-state index is 11.5. The molecule has 34 heavy (non-hydrogen) atoms. The third-order valence-corrected chi connectivity index (χ3v) is 5.21. The quantitative estimate of drug-likeness (QED) is 0.172. The number of para-hydroxylation sites is 1. The van der Waals surface area contributed by atoms with E-state index in [0.717, 1.165) is 0 Å². The number of nitrogen functional groups attached to an aromatic ring is 1. The Balaban J connectivity index is 1.60. The van der Waals surface area contributed by atoms with E-state index in [1.54, 1.807) is 31.2 Å². The number of imidazole rings is 1. The number of nitrogens with two attached hydrogens (primary N) is 2. The lowest BCUT2D eigenvalue weighted by atomic mass is 10.1. The summed E-state index contributed by atoms with van der Waals surface area (Å²) in [7, 11) is 0. The highest BCUT2D eigenvalue weighted by atomic mass is 16.6. The van der Waals surface area contributed by atoms with Gasteiger partial charge in [-0.05, 0) is 19.1 Å². The van der Waals surface area contributed by atoms with Crippen LogP contribution in [0.3, 0.4) is 0 Å². The molecule has 0 unspecified atom stereocenters. The van der Waals surface area contributed by atoms with Crippen LogP contribution < -0.4 is 21.6 Å². The van der Waals surface area contributed by atoms with Crippen molar-refractivity contribution in [2.75, 3.05) is 24.4 Å². The van der Waals surface area contributed by atoms with Gasteiger partial charge in [0.2, 0.25) is 5.95 Å². The van der Waals surface area contributed by atoms with Crippen LogP contribution in [0.2, 0.25) is 0 Å². The number of carbonyl (C=O) groups excluding carboxylic acids is 1. The molecule has 1 aliphatic rings. The summed E-state index contributed by atoms with van der Waals surface area (Å²) < 4.78 is 12.7. The summed E-state index contributed by atoms with van der Waals surface area (Å²) in [6, 6.07) is 6.55. The molecule has 1 fully saturated rings. The lowest BCUT2D eigenvalue weighted by molar-refractivity contribution is -0.0501. The monoisotopic (exact) mass is 472 g/mol. The lowest BCUT2D eigenvalue weighted by Crippen LogP contribution is -2.33. The molecular formula is C20H24N8O6. The van der Waals surface area contributed by atoms with Gasteiger partial charge >= 0.3 is 0 Å². The Labute approximate surface area is 192 Å². The molecule has 1 amide bonds. The smallest absolute Gasteiger partial charge is 0.252 e. The summed E-state index contributed by atoms with van der Waals surface area (Å²) >= 11 is 0. The van der Waals surface area contributed by atoms with Crippen LogP contribution in [-0.4, -0.2) is 78.0 Å². The molecule has 0 aliphatic carbocycles. The first kappa shape index (κ1) is 23.3. The van der Waals surface area contributed by atoms with Gasteiger partial charge in [-0.15, -0.1) is 0 Å². The predicted octanol–water partition coefficient (Wildman–Crippen LogP) is -1.01. The number of ether oxygens (including phenoxy) is 2. The Kier molecular flexibility index (Phi) is 6.56. The summed E-state index contributed by atoms with van der Waals surface area (Å²) in [6.07, 6.45) is -3.63. The van der Waals surface area contributed by atoms with Gasteiger partial charge in [-0.3, -0.25) is 9.36 Å². The number of aliphatic hydroxyl groups excluding tert-OH is 3. The molecule has 1 aliphatic heterocycles. The van der Waals surface area contributed by atoms with Crippen molar-refractivity contribution in [3.63, 3.8) is 0 Å². The number of aliphatic hydroxyl groups is 3. The molecule has 4 rings (SSSR count). The average Bonchev–Trinajstić information content (AvgIpc) is 3.34. The SMILES string of the molecule is C/C(COc1ccccc1C(N)=O)=N\Nc1nc2c(N)ncnc2n1[C@@H]1O[C@H](CO)[C@@H](O)[C@H]1O. The molecule has 0 saturated carbocycles. The Morgan fingerprint density at radius 3 is 2.76 bits per heavy atom. The number of hydrazone groups is 1. The minimum absolute atomic E-state index is 0.0212. The molecule has 0 spiro atoms. The van der Waals surface area contributed by atoms with Crippen LogP contribution in [0.4, 0.5) is 11.8 Å². The number of nitrogens with one attached hydrogen (secondary N) is 1. The molecule has 14 heteroatoms. The van der Waals surface area contributed by atoms with E-state index in [1.807, 2.05) is 0 Å². The van der Waals surface area contributed by atoms with Crippen LogP contribution in [0.1, 0.15) is 23.5 Å². The number of fused-ring (bicyclic) bond motifs is 1. The highest BCUT2D eigenvalue weighted by Crippen LogP contribution is 2.35. The minimum Gasteiger partial charge on any atom is -0.487 e. The first-order valence-electron chi connectivity index (χ1n) is 10.2. The van der Waals surface area contributed by atoms with Gasteiger partial charge in [0.1, 0.15) is 37.0 Å². The fraction of sp³-hybridized carbons (Fsp3) is 0.350. The topological polar surface area (TPSA) is 216 Å². The van der Waals surface area contributed by atoms with Gasteiger partial charge in [0, 0.05) is 0 Å². The fourth-order valence-electron chi connectivity index (χ4n) is 3.50. The van der Waals surface area contributed by atoms with Gasteiger partial charge in [-0.1, -0.05) is 12.1 Å². The molecule has 1 saturated heterocycles. The van der Waals surface area contributed by atoms with Gasteiger partial charge in [-0.25, -0.2) is 20.4 Å². The number of benzene rings is 1. The molecule has 3 aromatic rings. The van der Waals surface area contributed by atoms with Crippen molar-refractivity contribution < 1.29 is 29.6 Å². The highest BCUT2D eigenvalue weighted by molar-refractivity contribution is 5.95. The van der Waals surface area contributed by atoms with Crippen LogP contribution in [-0.2, 0) is 4.74 Å². The standard InChI is InChI=1S/C20H24N8O6/c1-9(7-33-11-5-3-2-4-10(11)17(22)32)26-27-20-25-13-16(21)23-8-24-18(13)28(20)19-15(31)14(30)12(6-29)34-19/h2-5,8,12,14-15,19,29-31H,6-7H2,1H3,(H2,22,32)(H,25,27)(H2,21,23,24)/b26-9+/t12-,14-,15-,19-/m1/s1. The Morgan fingerprint density at radius 1 is 1.29 bits per heavy atom. The summed E-state index contributed by atoms with van der Waals surface area (Å²) in [6.45, 7) is 1.20. The van der Waals surface area contributed by atoms with Gasteiger partial charge in [0.15, 0.2) is 23.2 Å². The van der Waals surface area contributed by atoms with Crippen LogP contribution >= 0.6 is 0 Å². The molecule has 180 valence electrons. The largest absolute Gasteiger partial charge is 0.487 e. The van der Waals surface area contributed by atoms with Crippen molar-refractivity contribution in [2.24, 2.45) is 10.8 Å². The molecule has 0 bridgehead atoms. The number of hydrogen-bond acceptors (Lipinski definition) is 12. The molecule has 3 heterocycles. The molecule has 8 N–H and O–H groups in total. The van der Waals surface area contributed by atoms with Crippen molar-refractivity contribution in [1.82, 2.24) is 19.5 Å². The van der Waals surface area contributed by atoms with Gasteiger partial charge in [0.05, 0.1) is 17.9 Å². The lowest BCUT2D eigenvalue weighted by Gasteiger charge is -2.19. The second-order valence-electron chi connectivity index (χ2n) is 7.57. The zero-order valence-corrected chi connectivity index (χ0v) is 18.1. The molecule has 0 radical (unpaired) electrons. The van der Waals surface area contributed by atoms with Gasteiger partial charge in [-0.2, -0.15) is 5.10 Å². The Bertz CT molecular complexity index is 1230. The van der Waals surface area contributed by atoms with Crippen LogP contribution in [0.5, 0.6) is 5.75 Å². The third-order valence-electron chi connectivity index (χ3n) is 5.21. The molecule has 4 atom stereocenters. The summed E-state index contributed by atoms with van der Waals surface area (Å²) in [5, 5.41) is 34.4. The van der Waals surface area contributed by atoms with Crippen LogP contribution in [0, 0.1) is 0 Å². The maximum Gasteiger partial charge on any atom is 0.252 e. The van der Waals surface area contributed by atoms with Crippen molar-refractivity contribution in [3.8, 4) is 5.75 Å². The first-order chi connectivity index (χ1) is 16.3. The van der Waals surface area contributed by atoms with E-state index in [4.69, 9.17) is 20.9 Å². The van der Waals surface area contributed by atoms with Crippen molar-refractivity contribution in [3.05, 3.63) is 36.2 Å². The van der Waals surface area contributed by atoms with E-state index in [9.17, 15) is 20.1 Å². The summed E-state index contributed by atoms with van der Waals surface area (Å²) in [4.78, 5) is 24.0. The van der Waals surface area contributed by atoms with E-state index in [0.29, 0.717) is 11.5 Å². The van der Waals surface area contributed by atoms with Crippen molar-refractivity contribution in [1.29, 1.82) is 0 Å². The maximum atomic E-state index is 11.5. The number of anilines is 2. The van der Waals surface area contributed by atoms with E-state index >= 15 is 0 Å². The fourth-order valence-corrected chi connectivity index (χ4v) is 3.50. The van der Waals surface area contributed by atoms with E-state index in [1.165, 1.54) is 10.9 Å². The van der Waals surface area contributed by atoms with E-state index in [-0.39, 0.29) is 35.1 Å². The van der Waals surface area contributed by atoms with E-state index < -0.39 is 37.1 Å². The predicted molar refractivity (Wildman–Crippen MR) is 120 cm³/mol. The second kappa shape index (κ2) is 9.56. The number of amides is 1. The molecule has 2 aromatic heterocycles. The minimum atomic E-state index is -1.38. The third kappa shape index (κ3) is 4.34. The molecular weight excluding hydrogens is 448 g/mol. The van der Waals surface area contributed by atoms with Gasteiger partial charge < -0.3 is 36.3 Å². The number of rotatable bonds is 8. The van der Waals surface area contributed by atoms with E-state index in [2.05, 4.69) is 25.5 Å². The Hall–Kier alpha value is -3.85. The van der Waals surface area contributed by atoms with Crippen LogP contribution in [0.15, 0.2) is 35.7 Å². The summed E-state index contributed by atoms with van der Waals surface area (Å²) in [5.41, 5.74) is 15.2. The highest BCUT2D eigenvalue weighted by Gasteiger charge is 2.45. The summed E-state index contributed by atoms with van der Waals surface area (Å²) in [5.74, 6) is -0.125. The number of primary amides is 1. The number of nitrogens with zero attached hydrogens (tertiary/aromatic N) is 5. The average molecular weight is 472 g/mol. The first-order valence-corrected chi connectivity index (χ1v) is 10.2.